The van der Waals surface area contributed by atoms with E-state index < -0.39 is 0 Å². The van der Waals surface area contributed by atoms with Crippen LogP contribution in [0.5, 0.6) is 0 Å². The summed E-state index contributed by atoms with van der Waals surface area (Å²) in [7, 11) is 0. The first-order valence-electron chi connectivity index (χ1n) is 6.46. The first kappa shape index (κ1) is 14.0. The third kappa shape index (κ3) is 3.76. The smallest absolute Gasteiger partial charge is 0.225 e. The van der Waals surface area contributed by atoms with Gasteiger partial charge in [0.25, 0.3) is 0 Å². The Morgan fingerprint density at radius 1 is 1.44 bits per heavy atom. The second kappa shape index (κ2) is 6.63. The van der Waals surface area contributed by atoms with Crippen LogP contribution in [0.4, 0.5) is 0 Å². The van der Waals surface area contributed by atoms with E-state index in [1.54, 1.807) is 0 Å². The Balaban J connectivity index is 2.33. The van der Waals surface area contributed by atoms with Gasteiger partial charge in [-0.2, -0.15) is 0 Å². The summed E-state index contributed by atoms with van der Waals surface area (Å²) in [6, 6.07) is 0. The number of amides is 1. The summed E-state index contributed by atoms with van der Waals surface area (Å²) < 4.78 is 0. The van der Waals surface area contributed by atoms with E-state index >= 15 is 0 Å². The largest absolute Gasteiger partial charge is 0.355 e. The highest BCUT2D eigenvalue weighted by atomic mass is 79.9. The van der Waals surface area contributed by atoms with Gasteiger partial charge in [0.05, 0.1) is 0 Å². The molecular weight excluding hydrogens is 266 g/mol. The maximum absolute atomic E-state index is 12.1. The van der Waals surface area contributed by atoms with E-state index in [9.17, 15) is 4.79 Å². The Morgan fingerprint density at radius 3 is 2.56 bits per heavy atom. The van der Waals surface area contributed by atoms with E-state index in [1.165, 1.54) is 12.8 Å². The average molecular weight is 290 g/mol. The van der Waals surface area contributed by atoms with Gasteiger partial charge in [-0.3, -0.25) is 4.79 Å². The molecule has 3 heteroatoms. The fourth-order valence-corrected chi connectivity index (χ4v) is 3.09. The van der Waals surface area contributed by atoms with Crippen LogP contribution in [-0.4, -0.2) is 17.8 Å². The average Bonchev–Trinajstić information content (AvgIpc) is 2.72. The number of carbonyl (C=O) groups excluding carboxylic acids is 1. The molecule has 0 aliphatic heterocycles. The van der Waals surface area contributed by atoms with Crippen LogP contribution in [0.15, 0.2) is 0 Å². The van der Waals surface area contributed by atoms with Crippen molar-refractivity contribution in [1.82, 2.24) is 5.32 Å². The molecule has 0 heterocycles. The van der Waals surface area contributed by atoms with E-state index in [1.807, 2.05) is 0 Å². The zero-order valence-corrected chi connectivity index (χ0v) is 12.1. The van der Waals surface area contributed by atoms with Crippen molar-refractivity contribution in [3.8, 4) is 0 Å². The SMILES string of the molecule is CCC(CCBr)CNC(=O)C1(C)CCCC1. The van der Waals surface area contributed by atoms with Crippen LogP contribution in [0, 0.1) is 11.3 Å². The Kier molecular flexibility index (Phi) is 5.81. The number of rotatable bonds is 6. The van der Waals surface area contributed by atoms with E-state index in [0.717, 1.165) is 37.6 Å². The standard InChI is InChI=1S/C13H24BrNO/c1-3-11(6-9-14)10-15-12(16)13(2)7-4-5-8-13/h11H,3-10H2,1-2H3,(H,15,16). The molecular formula is C13H24BrNO. The van der Waals surface area contributed by atoms with Crippen LogP contribution in [0.1, 0.15) is 52.4 Å². The van der Waals surface area contributed by atoms with Crippen molar-refractivity contribution < 1.29 is 4.79 Å². The van der Waals surface area contributed by atoms with E-state index in [4.69, 9.17) is 0 Å². The first-order valence-corrected chi connectivity index (χ1v) is 7.59. The molecule has 16 heavy (non-hydrogen) atoms. The molecule has 0 radical (unpaired) electrons. The summed E-state index contributed by atoms with van der Waals surface area (Å²) >= 11 is 3.46. The third-order valence-electron chi connectivity index (χ3n) is 3.90. The normalized spacial score (nSPS) is 20.7. The van der Waals surface area contributed by atoms with Gasteiger partial charge in [-0.05, 0) is 25.2 Å². The summed E-state index contributed by atoms with van der Waals surface area (Å²) in [5, 5.41) is 4.17. The van der Waals surface area contributed by atoms with Crippen molar-refractivity contribution in [2.45, 2.75) is 52.4 Å². The van der Waals surface area contributed by atoms with Crippen LogP contribution in [0.2, 0.25) is 0 Å². The number of alkyl halides is 1. The molecule has 2 nitrogen and oxygen atoms in total. The lowest BCUT2D eigenvalue weighted by molar-refractivity contribution is -0.130. The molecule has 1 aliphatic carbocycles. The molecule has 1 N–H and O–H groups in total. The monoisotopic (exact) mass is 289 g/mol. The highest BCUT2D eigenvalue weighted by Crippen LogP contribution is 2.37. The van der Waals surface area contributed by atoms with Crippen molar-refractivity contribution >= 4 is 21.8 Å². The van der Waals surface area contributed by atoms with Gasteiger partial charge in [0, 0.05) is 17.3 Å². The van der Waals surface area contributed by atoms with E-state index in [-0.39, 0.29) is 11.3 Å². The zero-order chi connectivity index (χ0) is 12.0. The molecule has 0 saturated heterocycles. The van der Waals surface area contributed by atoms with Crippen molar-refractivity contribution in [2.75, 3.05) is 11.9 Å². The summed E-state index contributed by atoms with van der Waals surface area (Å²) in [5.41, 5.74) is -0.0767. The van der Waals surface area contributed by atoms with Gasteiger partial charge in [-0.15, -0.1) is 0 Å². The number of halogens is 1. The Labute approximate surface area is 108 Å². The second-order valence-corrected chi connectivity index (χ2v) is 6.02. The van der Waals surface area contributed by atoms with Gasteiger partial charge in [0.2, 0.25) is 5.91 Å². The van der Waals surface area contributed by atoms with Crippen LogP contribution in [0.25, 0.3) is 0 Å². The number of nitrogens with one attached hydrogen (secondary N) is 1. The molecule has 1 atom stereocenters. The molecule has 1 rings (SSSR count). The van der Waals surface area contributed by atoms with Gasteiger partial charge in [0.1, 0.15) is 0 Å². The van der Waals surface area contributed by atoms with Gasteiger partial charge >= 0.3 is 0 Å². The topological polar surface area (TPSA) is 29.1 Å². The van der Waals surface area contributed by atoms with E-state index in [0.29, 0.717) is 5.92 Å². The van der Waals surface area contributed by atoms with Crippen LogP contribution in [-0.2, 0) is 4.79 Å². The minimum absolute atomic E-state index is 0.0767. The van der Waals surface area contributed by atoms with Gasteiger partial charge in [-0.25, -0.2) is 0 Å². The fraction of sp³-hybridized carbons (Fsp3) is 0.923. The summed E-state index contributed by atoms with van der Waals surface area (Å²) in [5.74, 6) is 0.895. The quantitative estimate of drug-likeness (QED) is 0.745. The summed E-state index contributed by atoms with van der Waals surface area (Å²) in [4.78, 5) is 12.1. The summed E-state index contributed by atoms with van der Waals surface area (Å²) in [6.45, 7) is 5.15. The van der Waals surface area contributed by atoms with Crippen LogP contribution in [0.3, 0.4) is 0 Å². The number of carbonyl (C=O) groups is 1. The van der Waals surface area contributed by atoms with Crippen LogP contribution < -0.4 is 5.32 Å². The molecule has 1 aliphatic rings. The molecule has 1 fully saturated rings. The maximum atomic E-state index is 12.1. The Morgan fingerprint density at radius 2 is 2.06 bits per heavy atom. The lowest BCUT2D eigenvalue weighted by Gasteiger charge is -2.24. The van der Waals surface area contributed by atoms with Gasteiger partial charge in [-0.1, -0.05) is 49.0 Å². The highest BCUT2D eigenvalue weighted by Gasteiger charge is 2.35. The molecule has 0 spiro atoms. The van der Waals surface area contributed by atoms with Crippen LogP contribution >= 0.6 is 15.9 Å². The molecule has 1 saturated carbocycles. The minimum atomic E-state index is -0.0767. The molecule has 0 aromatic heterocycles. The predicted molar refractivity (Wildman–Crippen MR) is 71.8 cm³/mol. The molecule has 0 bridgehead atoms. The van der Waals surface area contributed by atoms with Crippen molar-refractivity contribution in [3.63, 3.8) is 0 Å². The second-order valence-electron chi connectivity index (χ2n) is 5.23. The lowest BCUT2D eigenvalue weighted by atomic mass is 9.87. The number of hydrogen-bond acceptors (Lipinski definition) is 1. The molecule has 94 valence electrons. The van der Waals surface area contributed by atoms with Gasteiger partial charge < -0.3 is 5.32 Å². The first-order chi connectivity index (χ1) is 7.62. The van der Waals surface area contributed by atoms with Crippen molar-refractivity contribution in [3.05, 3.63) is 0 Å². The van der Waals surface area contributed by atoms with Crippen molar-refractivity contribution in [2.24, 2.45) is 11.3 Å². The number of hydrogen-bond donors (Lipinski definition) is 1. The molecule has 0 aromatic rings. The lowest BCUT2D eigenvalue weighted by Crippen LogP contribution is -2.39. The maximum Gasteiger partial charge on any atom is 0.225 e. The fourth-order valence-electron chi connectivity index (χ4n) is 2.44. The summed E-state index contributed by atoms with van der Waals surface area (Å²) in [6.07, 6.45) is 6.84. The highest BCUT2D eigenvalue weighted by molar-refractivity contribution is 9.09. The molecule has 0 aromatic carbocycles. The minimum Gasteiger partial charge on any atom is -0.355 e. The Hall–Kier alpha value is -0.0500. The third-order valence-corrected chi connectivity index (χ3v) is 4.36. The molecule has 1 amide bonds. The van der Waals surface area contributed by atoms with Crippen molar-refractivity contribution in [1.29, 1.82) is 0 Å². The predicted octanol–water partition coefficient (Wildman–Crippen LogP) is 3.49. The van der Waals surface area contributed by atoms with E-state index in [2.05, 4.69) is 35.1 Å². The Bertz CT molecular complexity index is 224. The zero-order valence-electron chi connectivity index (χ0n) is 10.5. The van der Waals surface area contributed by atoms with Gasteiger partial charge in [0.15, 0.2) is 0 Å². The molecule has 1 unspecified atom stereocenters.